The average Bonchev–Trinajstić information content (AvgIpc) is 3.40. The van der Waals surface area contributed by atoms with E-state index in [1.165, 1.54) is 5.69 Å². The molecule has 0 aliphatic carbocycles. The van der Waals surface area contributed by atoms with E-state index in [4.69, 9.17) is 4.74 Å². The number of amides is 2. The average molecular weight is 430 g/mol. The summed E-state index contributed by atoms with van der Waals surface area (Å²) < 4.78 is 8.48. The fraction of sp³-hybridized carbons (Fsp3) is 0.385. The molecule has 164 valence electrons. The first kappa shape index (κ1) is 19.4. The number of hydrogen-bond donors (Lipinski definition) is 1. The van der Waals surface area contributed by atoms with Crippen molar-refractivity contribution in [3.8, 4) is 5.75 Å². The maximum atomic E-state index is 13.2. The lowest BCUT2D eigenvalue weighted by molar-refractivity contribution is -0.139. The van der Waals surface area contributed by atoms with Crippen molar-refractivity contribution in [2.75, 3.05) is 6.54 Å². The molecule has 0 bridgehead atoms. The second-order valence-corrected chi connectivity index (χ2v) is 10.3. The van der Waals surface area contributed by atoms with E-state index < -0.39 is 6.04 Å². The maximum Gasteiger partial charge on any atom is 0.268 e. The van der Waals surface area contributed by atoms with Crippen LogP contribution >= 0.6 is 0 Å². The number of allylic oxidation sites excluding steroid dienone is 1. The normalized spacial score (nSPS) is 24.2. The Balaban J connectivity index is 1.49. The Kier molecular flexibility index (Phi) is 3.73. The van der Waals surface area contributed by atoms with E-state index in [0.29, 0.717) is 18.7 Å². The SMILES string of the molecule is CC1(C)C=Cc2cc3c(cc2O1)c(C[C@@H]1NC(=O)C2=CCCN2C1=O)c1n3C=CC1(C)C. The molecule has 1 aromatic heterocycles. The predicted octanol–water partition coefficient (Wildman–Crippen LogP) is 3.74. The van der Waals surface area contributed by atoms with Gasteiger partial charge in [0, 0.05) is 41.2 Å². The maximum absolute atomic E-state index is 13.2. The minimum absolute atomic E-state index is 0.0245. The van der Waals surface area contributed by atoms with Crippen LogP contribution in [0.25, 0.3) is 23.2 Å². The van der Waals surface area contributed by atoms with Gasteiger partial charge in [-0.2, -0.15) is 0 Å². The van der Waals surface area contributed by atoms with Gasteiger partial charge in [-0.1, -0.05) is 32.1 Å². The molecule has 2 amide bonds. The number of nitrogens with one attached hydrogen (secondary N) is 1. The van der Waals surface area contributed by atoms with Gasteiger partial charge in [0.15, 0.2) is 0 Å². The highest BCUT2D eigenvalue weighted by Gasteiger charge is 2.41. The summed E-state index contributed by atoms with van der Waals surface area (Å²) in [6.07, 6.45) is 11.5. The Labute approximate surface area is 187 Å². The number of hydrogen-bond acceptors (Lipinski definition) is 3. The van der Waals surface area contributed by atoms with Crippen LogP contribution in [0.4, 0.5) is 0 Å². The zero-order valence-corrected chi connectivity index (χ0v) is 18.9. The molecule has 32 heavy (non-hydrogen) atoms. The van der Waals surface area contributed by atoms with Gasteiger partial charge in [0.05, 0.1) is 5.52 Å². The summed E-state index contributed by atoms with van der Waals surface area (Å²) in [5, 5.41) is 4.04. The molecule has 0 spiro atoms. The number of piperazine rings is 1. The molecule has 4 aliphatic heterocycles. The van der Waals surface area contributed by atoms with E-state index in [-0.39, 0.29) is 22.8 Å². The van der Waals surface area contributed by atoms with Crippen LogP contribution in [0.15, 0.2) is 36.1 Å². The van der Waals surface area contributed by atoms with Gasteiger partial charge < -0.3 is 19.5 Å². The molecule has 2 aromatic rings. The molecule has 1 fully saturated rings. The molecule has 6 heteroatoms. The van der Waals surface area contributed by atoms with Gasteiger partial charge in [-0.05, 0) is 44.0 Å². The number of fused-ring (bicyclic) bond motifs is 5. The number of nitrogens with zero attached hydrogens (tertiary/aromatic N) is 2. The van der Waals surface area contributed by atoms with Crippen molar-refractivity contribution in [2.24, 2.45) is 0 Å². The van der Waals surface area contributed by atoms with Crippen molar-refractivity contribution in [2.45, 2.75) is 57.6 Å². The van der Waals surface area contributed by atoms with Crippen molar-refractivity contribution in [3.05, 3.63) is 52.9 Å². The summed E-state index contributed by atoms with van der Waals surface area (Å²) in [6, 6.07) is 3.70. The lowest BCUT2D eigenvalue weighted by Gasteiger charge is -2.32. The second kappa shape index (κ2) is 6.15. The summed E-state index contributed by atoms with van der Waals surface area (Å²) in [7, 11) is 0. The molecule has 6 rings (SSSR count). The molecule has 0 saturated carbocycles. The summed E-state index contributed by atoms with van der Waals surface area (Å²) in [6.45, 7) is 9.04. The molecular formula is C26H27N3O3. The molecule has 4 aliphatic rings. The summed E-state index contributed by atoms with van der Waals surface area (Å²) in [4.78, 5) is 27.5. The van der Waals surface area contributed by atoms with E-state index >= 15 is 0 Å². The third-order valence-corrected chi connectivity index (χ3v) is 7.02. The first-order chi connectivity index (χ1) is 15.1. The molecule has 1 N–H and O–H groups in total. The fourth-order valence-electron chi connectivity index (χ4n) is 5.48. The standard InChI is InChI=1S/C26H27N3O3/c1-25(2)9-11-28-20-12-15-7-8-26(3,4)32-21(15)14-16(20)17(22(25)28)13-18-24(31)29-10-5-6-19(29)23(30)27-18/h6-9,11-12,14,18H,5,10,13H2,1-4H3,(H,27,30)/t18-/m0/s1. The number of aromatic nitrogens is 1. The molecule has 5 heterocycles. The second-order valence-electron chi connectivity index (χ2n) is 10.3. The number of carbonyl (C=O) groups is 2. The topological polar surface area (TPSA) is 63.6 Å². The van der Waals surface area contributed by atoms with Gasteiger partial charge in [-0.3, -0.25) is 9.59 Å². The van der Waals surface area contributed by atoms with E-state index in [1.807, 2.05) is 19.9 Å². The van der Waals surface area contributed by atoms with Crippen molar-refractivity contribution >= 4 is 35.0 Å². The summed E-state index contributed by atoms with van der Waals surface area (Å²) >= 11 is 0. The van der Waals surface area contributed by atoms with Crippen LogP contribution in [0.2, 0.25) is 0 Å². The van der Waals surface area contributed by atoms with Gasteiger partial charge in [0.1, 0.15) is 23.1 Å². The van der Waals surface area contributed by atoms with Gasteiger partial charge >= 0.3 is 0 Å². The van der Waals surface area contributed by atoms with Crippen LogP contribution in [0.3, 0.4) is 0 Å². The van der Waals surface area contributed by atoms with Gasteiger partial charge in [-0.15, -0.1) is 0 Å². The minimum Gasteiger partial charge on any atom is -0.483 e. The van der Waals surface area contributed by atoms with E-state index in [1.54, 1.807) is 4.90 Å². The Morgan fingerprint density at radius 1 is 1.16 bits per heavy atom. The van der Waals surface area contributed by atoms with Crippen LogP contribution in [0, 0.1) is 0 Å². The summed E-state index contributed by atoms with van der Waals surface area (Å²) in [5.74, 6) is 0.668. The third-order valence-electron chi connectivity index (χ3n) is 7.02. The van der Waals surface area contributed by atoms with Crippen molar-refractivity contribution in [1.82, 2.24) is 14.8 Å². The minimum atomic E-state index is -0.572. The molecule has 1 aromatic carbocycles. The molecule has 0 unspecified atom stereocenters. The highest BCUT2D eigenvalue weighted by molar-refractivity contribution is 6.05. The molecular weight excluding hydrogens is 402 g/mol. The largest absolute Gasteiger partial charge is 0.483 e. The van der Waals surface area contributed by atoms with Crippen LogP contribution in [0.5, 0.6) is 5.75 Å². The number of ether oxygens (including phenoxy) is 1. The zero-order chi connectivity index (χ0) is 22.4. The van der Waals surface area contributed by atoms with Crippen LogP contribution in [0.1, 0.15) is 50.9 Å². The highest BCUT2D eigenvalue weighted by Crippen LogP contribution is 2.44. The van der Waals surface area contributed by atoms with Crippen LogP contribution in [-0.2, 0) is 21.4 Å². The van der Waals surface area contributed by atoms with Crippen molar-refractivity contribution in [3.63, 3.8) is 0 Å². The zero-order valence-electron chi connectivity index (χ0n) is 18.9. The van der Waals surface area contributed by atoms with Crippen molar-refractivity contribution < 1.29 is 14.3 Å². The van der Waals surface area contributed by atoms with Crippen molar-refractivity contribution in [1.29, 1.82) is 0 Å². The van der Waals surface area contributed by atoms with Crippen LogP contribution < -0.4 is 10.1 Å². The smallest absolute Gasteiger partial charge is 0.268 e. The van der Waals surface area contributed by atoms with Gasteiger partial charge in [0.2, 0.25) is 5.91 Å². The van der Waals surface area contributed by atoms with E-state index in [2.05, 4.69) is 60.3 Å². The lowest BCUT2D eigenvalue weighted by atomic mass is 9.85. The Bertz CT molecular complexity index is 1310. The number of carbonyl (C=O) groups excluding carboxylic acids is 2. The monoisotopic (exact) mass is 429 g/mol. The Morgan fingerprint density at radius 2 is 1.97 bits per heavy atom. The van der Waals surface area contributed by atoms with E-state index in [9.17, 15) is 9.59 Å². The van der Waals surface area contributed by atoms with Crippen LogP contribution in [-0.4, -0.2) is 39.5 Å². The Hall–Kier alpha value is -3.28. The molecule has 6 nitrogen and oxygen atoms in total. The highest BCUT2D eigenvalue weighted by atomic mass is 16.5. The molecule has 1 atom stereocenters. The number of rotatable bonds is 2. The first-order valence-corrected chi connectivity index (χ1v) is 11.3. The van der Waals surface area contributed by atoms with Gasteiger partial charge in [0.25, 0.3) is 5.91 Å². The molecule has 0 radical (unpaired) electrons. The predicted molar refractivity (Wildman–Crippen MR) is 124 cm³/mol. The van der Waals surface area contributed by atoms with E-state index in [0.717, 1.165) is 34.2 Å². The fourth-order valence-corrected chi connectivity index (χ4v) is 5.48. The Morgan fingerprint density at radius 3 is 2.78 bits per heavy atom. The third kappa shape index (κ3) is 2.65. The van der Waals surface area contributed by atoms with Gasteiger partial charge in [-0.25, -0.2) is 0 Å². The first-order valence-electron chi connectivity index (χ1n) is 11.3. The lowest BCUT2D eigenvalue weighted by Crippen LogP contribution is -2.56. The molecule has 1 saturated heterocycles. The summed E-state index contributed by atoms with van der Waals surface area (Å²) in [5.41, 5.74) is 4.37. The quantitative estimate of drug-likeness (QED) is 0.791. The number of benzene rings is 1.